The number of rotatable bonds is 4. The van der Waals surface area contributed by atoms with Crippen molar-refractivity contribution in [2.75, 3.05) is 0 Å². The number of aromatic nitrogens is 2. The minimum absolute atomic E-state index is 0.177. The Morgan fingerprint density at radius 2 is 2.11 bits per heavy atom. The van der Waals surface area contributed by atoms with Gasteiger partial charge in [0.05, 0.1) is 11.1 Å². The molecule has 1 heterocycles. The zero-order valence-corrected chi connectivity index (χ0v) is 10.4. The van der Waals surface area contributed by atoms with Crippen LogP contribution in [0.15, 0.2) is 54.5 Å². The van der Waals surface area contributed by atoms with E-state index >= 15 is 0 Å². The molecule has 0 atom stereocenters. The van der Waals surface area contributed by atoms with Crippen molar-refractivity contribution in [1.82, 2.24) is 4.57 Å². The third-order valence-corrected chi connectivity index (χ3v) is 3.45. The first-order valence-corrected chi connectivity index (χ1v) is 6.64. The fourth-order valence-electron chi connectivity index (χ4n) is 1.69. The number of hydrogen-bond donors (Lipinski definition) is 0. The molecule has 0 unspecified atom stereocenters. The van der Waals surface area contributed by atoms with Gasteiger partial charge in [0.1, 0.15) is 29.1 Å². The van der Waals surface area contributed by atoms with Crippen molar-refractivity contribution in [2.24, 2.45) is 0 Å². The van der Waals surface area contributed by atoms with Crippen LogP contribution in [0.25, 0.3) is 6.20 Å². The highest BCUT2D eigenvalue weighted by Crippen LogP contribution is 2.14. The van der Waals surface area contributed by atoms with Crippen LogP contribution in [0.5, 0.6) is 0 Å². The van der Waals surface area contributed by atoms with E-state index in [2.05, 4.69) is 6.58 Å². The molecule has 0 amide bonds. The summed E-state index contributed by atoms with van der Waals surface area (Å²) in [5.74, 6) is 0. The molecule has 2 aromatic rings. The van der Waals surface area contributed by atoms with Gasteiger partial charge < -0.3 is 4.55 Å². The molecule has 2 rings (SSSR count). The van der Waals surface area contributed by atoms with E-state index in [1.807, 2.05) is 0 Å². The maximum atomic E-state index is 11.1. The molecular weight excluding hydrogens is 252 g/mol. The second-order valence-corrected chi connectivity index (χ2v) is 5.13. The SMILES string of the molecule is C=Cn1cc[n+](Cc2ccccc2S(=O)(=O)[O-])c1. The summed E-state index contributed by atoms with van der Waals surface area (Å²) in [6.07, 6.45) is 6.92. The first-order valence-electron chi connectivity index (χ1n) is 5.23. The Hall–Kier alpha value is -1.92. The monoisotopic (exact) mass is 264 g/mol. The second kappa shape index (κ2) is 4.75. The predicted octanol–water partition coefficient (Wildman–Crippen LogP) is 0.829. The molecule has 0 aliphatic rings. The smallest absolute Gasteiger partial charge is 0.248 e. The van der Waals surface area contributed by atoms with E-state index in [9.17, 15) is 13.0 Å². The van der Waals surface area contributed by atoms with Gasteiger partial charge in [-0.2, -0.15) is 0 Å². The molecule has 0 radical (unpaired) electrons. The van der Waals surface area contributed by atoms with E-state index in [-0.39, 0.29) is 4.90 Å². The van der Waals surface area contributed by atoms with Crippen LogP contribution in [-0.2, 0) is 16.7 Å². The number of nitrogens with zero attached hydrogens (tertiary/aromatic N) is 2. The molecule has 0 bridgehead atoms. The summed E-state index contributed by atoms with van der Waals surface area (Å²) >= 11 is 0. The Morgan fingerprint density at radius 1 is 1.39 bits per heavy atom. The molecule has 0 aliphatic heterocycles. The zero-order valence-electron chi connectivity index (χ0n) is 9.56. The van der Waals surface area contributed by atoms with E-state index in [4.69, 9.17) is 0 Å². The summed E-state index contributed by atoms with van der Waals surface area (Å²) < 4.78 is 36.9. The van der Waals surface area contributed by atoms with Crippen LogP contribution in [0.3, 0.4) is 0 Å². The Kier molecular flexibility index (Phi) is 3.31. The normalized spacial score (nSPS) is 11.4. The highest BCUT2D eigenvalue weighted by atomic mass is 32.2. The van der Waals surface area contributed by atoms with Crippen LogP contribution in [0, 0.1) is 0 Å². The van der Waals surface area contributed by atoms with Crippen molar-refractivity contribution < 1.29 is 17.5 Å². The largest absolute Gasteiger partial charge is 0.744 e. The average Bonchev–Trinajstić information content (AvgIpc) is 2.76. The van der Waals surface area contributed by atoms with Crippen LogP contribution in [0.1, 0.15) is 5.56 Å². The van der Waals surface area contributed by atoms with Crippen LogP contribution in [0.4, 0.5) is 0 Å². The maximum absolute atomic E-state index is 11.1. The predicted molar refractivity (Wildman–Crippen MR) is 64.5 cm³/mol. The van der Waals surface area contributed by atoms with Crippen LogP contribution in [-0.4, -0.2) is 17.5 Å². The fraction of sp³-hybridized carbons (Fsp3) is 0.0833. The number of imidazole rings is 1. The van der Waals surface area contributed by atoms with E-state index in [0.29, 0.717) is 12.1 Å². The molecule has 6 heteroatoms. The van der Waals surface area contributed by atoms with Gasteiger partial charge >= 0.3 is 0 Å². The van der Waals surface area contributed by atoms with E-state index < -0.39 is 10.1 Å². The van der Waals surface area contributed by atoms with Gasteiger partial charge in [-0.1, -0.05) is 24.8 Å². The quantitative estimate of drug-likeness (QED) is 0.607. The number of benzene rings is 1. The molecule has 0 aliphatic carbocycles. The molecule has 1 aromatic heterocycles. The van der Waals surface area contributed by atoms with Gasteiger partial charge in [-0.05, 0) is 6.07 Å². The van der Waals surface area contributed by atoms with Gasteiger partial charge in [-0.15, -0.1) is 0 Å². The van der Waals surface area contributed by atoms with Crippen molar-refractivity contribution in [3.63, 3.8) is 0 Å². The molecule has 0 N–H and O–H groups in total. The highest BCUT2D eigenvalue weighted by Gasteiger charge is 2.11. The first-order chi connectivity index (χ1) is 8.50. The summed E-state index contributed by atoms with van der Waals surface area (Å²) in [5.41, 5.74) is 0.472. The second-order valence-electron chi connectivity index (χ2n) is 3.78. The molecule has 18 heavy (non-hydrogen) atoms. The highest BCUT2D eigenvalue weighted by molar-refractivity contribution is 7.85. The average molecular weight is 264 g/mol. The number of hydrogen-bond acceptors (Lipinski definition) is 3. The van der Waals surface area contributed by atoms with E-state index in [0.717, 1.165) is 0 Å². The topological polar surface area (TPSA) is 66.0 Å². The van der Waals surface area contributed by atoms with Gasteiger partial charge in [0, 0.05) is 5.56 Å². The van der Waals surface area contributed by atoms with Crippen molar-refractivity contribution in [3.8, 4) is 0 Å². The third kappa shape index (κ3) is 2.66. The maximum Gasteiger partial charge on any atom is 0.248 e. The molecule has 5 nitrogen and oxygen atoms in total. The summed E-state index contributed by atoms with van der Waals surface area (Å²) in [6.45, 7) is 3.93. The summed E-state index contributed by atoms with van der Waals surface area (Å²) in [5, 5.41) is 0. The lowest BCUT2D eigenvalue weighted by molar-refractivity contribution is -0.687. The molecule has 94 valence electrons. The molecular formula is C12H12N2O3S. The zero-order chi connectivity index (χ0) is 13.2. The van der Waals surface area contributed by atoms with E-state index in [1.165, 1.54) is 12.1 Å². The van der Waals surface area contributed by atoms with Gasteiger partial charge in [0.25, 0.3) is 0 Å². The Bertz CT molecular complexity index is 674. The van der Waals surface area contributed by atoms with Crippen LogP contribution >= 0.6 is 0 Å². The molecule has 1 aromatic carbocycles. The third-order valence-electron chi connectivity index (χ3n) is 2.52. The van der Waals surface area contributed by atoms with Crippen molar-refractivity contribution in [3.05, 3.63) is 55.1 Å². The molecule has 0 saturated heterocycles. The first kappa shape index (κ1) is 12.5. The van der Waals surface area contributed by atoms with Crippen molar-refractivity contribution in [1.29, 1.82) is 0 Å². The van der Waals surface area contributed by atoms with Crippen molar-refractivity contribution >= 4 is 16.3 Å². The standard InChI is InChI=1S/C12H12N2O3S/c1-2-13-7-8-14(10-13)9-11-5-3-4-6-12(11)18(15,16)17/h2-8,10H,1,9H2. The van der Waals surface area contributed by atoms with Gasteiger partial charge in [0.15, 0.2) is 0 Å². The summed E-state index contributed by atoms with van der Waals surface area (Å²) in [6, 6.07) is 6.19. The van der Waals surface area contributed by atoms with Gasteiger partial charge in [0.2, 0.25) is 6.33 Å². The Labute approximate surface area is 105 Å². The lowest BCUT2D eigenvalue weighted by atomic mass is 10.2. The fourth-order valence-corrected chi connectivity index (χ4v) is 2.39. The lowest BCUT2D eigenvalue weighted by Crippen LogP contribution is -2.32. The summed E-state index contributed by atoms with van der Waals surface area (Å²) in [4.78, 5) is -0.177. The molecule has 0 spiro atoms. The van der Waals surface area contributed by atoms with Gasteiger partial charge in [-0.3, -0.25) is 0 Å². The van der Waals surface area contributed by atoms with Gasteiger partial charge in [-0.25, -0.2) is 17.6 Å². The minimum Gasteiger partial charge on any atom is -0.744 e. The molecule has 0 saturated carbocycles. The van der Waals surface area contributed by atoms with Crippen LogP contribution in [0.2, 0.25) is 0 Å². The Balaban J connectivity index is 2.37. The lowest BCUT2D eigenvalue weighted by Gasteiger charge is -2.11. The minimum atomic E-state index is -4.44. The van der Waals surface area contributed by atoms with Crippen LogP contribution < -0.4 is 4.57 Å². The van der Waals surface area contributed by atoms with Crippen molar-refractivity contribution in [2.45, 2.75) is 11.4 Å². The molecule has 0 fully saturated rings. The van der Waals surface area contributed by atoms with E-state index in [1.54, 1.807) is 46.2 Å². The Morgan fingerprint density at radius 3 is 2.72 bits per heavy atom. The summed E-state index contributed by atoms with van der Waals surface area (Å²) in [7, 11) is -4.44.